The van der Waals surface area contributed by atoms with Crippen LogP contribution in [0, 0.1) is 0 Å². The van der Waals surface area contributed by atoms with Gasteiger partial charge >= 0.3 is 16.8 Å². The number of nitrogens with zero attached hydrogens (tertiary/aromatic N) is 2. The minimum Gasteiger partial charge on any atom is -0.550 e. The van der Waals surface area contributed by atoms with Crippen molar-refractivity contribution in [1.29, 1.82) is 0 Å². The summed E-state index contributed by atoms with van der Waals surface area (Å²) in [7, 11) is 0. The normalized spacial score (nSPS) is 10.3. The largest absolute Gasteiger partial charge is 2.00 e. The molecule has 0 spiro atoms. The van der Waals surface area contributed by atoms with Gasteiger partial charge in [0, 0.05) is 35.5 Å². The monoisotopic (exact) mass is 599 g/mol. The topological polar surface area (TPSA) is 145 Å². The Hall–Kier alpha value is -3.17. The molecule has 0 atom stereocenters. The summed E-state index contributed by atoms with van der Waals surface area (Å²) in [5.74, 6) is -1.55. The van der Waals surface area contributed by atoms with Gasteiger partial charge in [-0.05, 0) is 86.8 Å². The quantitative estimate of drug-likeness (QED) is 0.354. The standard InChI is InChI=1S/C27H38N2O2.2C2H4O2.Co/c1-5-9-11-20-13-22(7-3)26(30)24(15-20)17-28-19-29-18-25-16-21(12-10-6-2)14-23(8-4)27(25)31;2*1-2(3)4;/h13-18,30-31H,5-12,19H2,1-4H3;2*1H3,(H,3,4);/q;;;+2/p-2. The van der Waals surface area contributed by atoms with E-state index in [2.05, 4.69) is 49.8 Å². The van der Waals surface area contributed by atoms with E-state index in [1.54, 1.807) is 12.4 Å². The average molecular weight is 600 g/mol. The number of rotatable bonds is 12. The molecule has 0 aliphatic carbocycles. The number of phenols is 2. The Morgan fingerprint density at radius 3 is 1.32 bits per heavy atom. The predicted molar refractivity (Wildman–Crippen MR) is 154 cm³/mol. The van der Waals surface area contributed by atoms with Crippen LogP contribution in [0.15, 0.2) is 34.3 Å². The summed E-state index contributed by atoms with van der Waals surface area (Å²) in [5, 5.41) is 38.8. The van der Waals surface area contributed by atoms with Crippen molar-refractivity contribution in [2.24, 2.45) is 9.98 Å². The van der Waals surface area contributed by atoms with Gasteiger partial charge in [0.25, 0.3) is 0 Å². The van der Waals surface area contributed by atoms with Crippen LogP contribution in [-0.2, 0) is 52.1 Å². The zero-order chi connectivity index (χ0) is 29.8. The number of carboxylic acid groups (broad SMARTS) is 2. The van der Waals surface area contributed by atoms with Crippen LogP contribution < -0.4 is 10.2 Å². The minimum absolute atomic E-state index is 0. The number of aryl methyl sites for hydroxylation is 4. The van der Waals surface area contributed by atoms with Crippen LogP contribution in [0.2, 0.25) is 0 Å². The summed E-state index contributed by atoms with van der Waals surface area (Å²) in [6, 6.07) is 8.24. The molecule has 0 aromatic heterocycles. The number of hydrogen-bond acceptors (Lipinski definition) is 8. The third kappa shape index (κ3) is 16.7. The molecule has 223 valence electrons. The number of unbranched alkanes of at least 4 members (excludes halogenated alkanes) is 2. The first-order valence-corrected chi connectivity index (χ1v) is 13.5. The Kier molecular flexibility index (Phi) is 22.0. The maximum absolute atomic E-state index is 10.5. The molecule has 2 rings (SSSR count). The number of carbonyl (C=O) groups excluding carboxylic acids is 2. The van der Waals surface area contributed by atoms with Gasteiger partial charge in [0.05, 0.1) is 0 Å². The van der Waals surface area contributed by atoms with E-state index in [9.17, 15) is 10.2 Å². The second-order valence-electron chi connectivity index (χ2n) is 9.05. The van der Waals surface area contributed by atoms with E-state index in [1.807, 2.05) is 12.1 Å². The van der Waals surface area contributed by atoms with Crippen LogP contribution in [0.1, 0.15) is 101 Å². The van der Waals surface area contributed by atoms with Crippen molar-refractivity contribution >= 4 is 24.4 Å². The fourth-order valence-electron chi connectivity index (χ4n) is 3.69. The van der Waals surface area contributed by atoms with Crippen LogP contribution in [-0.4, -0.2) is 41.2 Å². The Bertz CT molecular complexity index is 1010. The van der Waals surface area contributed by atoms with Crippen LogP contribution in [0.5, 0.6) is 11.5 Å². The molecular formula is C31H44CoN2O6. The molecule has 8 nitrogen and oxygen atoms in total. The molecule has 0 aliphatic heterocycles. The van der Waals surface area contributed by atoms with Crippen LogP contribution >= 0.6 is 0 Å². The second kappa shape index (κ2) is 22.6. The van der Waals surface area contributed by atoms with Crippen molar-refractivity contribution in [3.63, 3.8) is 0 Å². The molecule has 0 aliphatic rings. The van der Waals surface area contributed by atoms with Gasteiger partial charge < -0.3 is 30.0 Å². The number of benzene rings is 2. The fourth-order valence-corrected chi connectivity index (χ4v) is 3.69. The molecular weight excluding hydrogens is 555 g/mol. The molecule has 2 aromatic rings. The Balaban J connectivity index is 0. The maximum atomic E-state index is 10.5. The first-order valence-electron chi connectivity index (χ1n) is 13.5. The fraction of sp³-hybridized carbons (Fsp3) is 0.484. The number of hydrogen-bond donors (Lipinski definition) is 2. The summed E-state index contributed by atoms with van der Waals surface area (Å²) in [6.07, 6.45) is 11.6. The van der Waals surface area contributed by atoms with Crippen molar-refractivity contribution < 1.29 is 46.8 Å². The molecule has 0 bridgehead atoms. The number of aromatic hydroxyl groups is 2. The summed E-state index contributed by atoms with van der Waals surface area (Å²) < 4.78 is 0. The van der Waals surface area contributed by atoms with Gasteiger partial charge in [0.1, 0.15) is 18.2 Å². The van der Waals surface area contributed by atoms with E-state index in [-0.39, 0.29) is 23.4 Å². The molecule has 9 heteroatoms. The van der Waals surface area contributed by atoms with Crippen molar-refractivity contribution in [3.05, 3.63) is 57.6 Å². The molecule has 0 saturated heterocycles. The van der Waals surface area contributed by atoms with Crippen molar-refractivity contribution in [2.45, 2.75) is 92.9 Å². The first kappa shape index (κ1) is 39.0. The zero-order valence-corrected chi connectivity index (χ0v) is 25.6. The second-order valence-corrected chi connectivity index (χ2v) is 9.05. The first-order chi connectivity index (χ1) is 18.5. The van der Waals surface area contributed by atoms with Gasteiger partial charge in [-0.3, -0.25) is 9.98 Å². The Morgan fingerprint density at radius 2 is 1.05 bits per heavy atom. The molecule has 1 radical (unpaired) electrons. The molecule has 0 unspecified atom stereocenters. The summed E-state index contributed by atoms with van der Waals surface area (Å²) in [5.41, 5.74) is 5.89. The number of aliphatic imine (C=N–C) groups is 2. The van der Waals surface area contributed by atoms with Gasteiger partial charge in [-0.1, -0.05) is 52.7 Å². The molecule has 0 amide bonds. The van der Waals surface area contributed by atoms with Crippen LogP contribution in [0.4, 0.5) is 0 Å². The van der Waals surface area contributed by atoms with E-state index in [0.717, 1.165) is 87.5 Å². The summed E-state index contributed by atoms with van der Waals surface area (Å²) >= 11 is 0. The number of carbonyl (C=O) groups is 2. The van der Waals surface area contributed by atoms with Crippen LogP contribution in [0.25, 0.3) is 0 Å². The smallest absolute Gasteiger partial charge is 0.550 e. The molecule has 0 fully saturated rings. The molecule has 2 N–H and O–H groups in total. The minimum atomic E-state index is -1.08. The zero-order valence-electron chi connectivity index (χ0n) is 24.6. The van der Waals surface area contributed by atoms with Gasteiger partial charge in [-0.25, -0.2) is 0 Å². The van der Waals surface area contributed by atoms with E-state index >= 15 is 0 Å². The van der Waals surface area contributed by atoms with E-state index in [4.69, 9.17) is 19.8 Å². The van der Waals surface area contributed by atoms with Crippen molar-refractivity contribution in [2.75, 3.05) is 6.67 Å². The Labute approximate surface area is 249 Å². The van der Waals surface area contributed by atoms with Gasteiger partial charge in [-0.15, -0.1) is 0 Å². The number of phenolic OH excluding ortho intramolecular Hbond substituents is 2. The SMILES string of the molecule is CC(=O)[O-].CC(=O)[O-].CCCCc1cc(C=NCN=Cc2cc(CCCC)cc(CC)c2O)c(O)c(CC)c1.[Co+2]. The van der Waals surface area contributed by atoms with Crippen LogP contribution in [0.3, 0.4) is 0 Å². The summed E-state index contributed by atoms with van der Waals surface area (Å²) in [6.45, 7) is 10.7. The number of aliphatic carboxylic acids is 2. The molecule has 2 aromatic carbocycles. The molecule has 0 heterocycles. The van der Waals surface area contributed by atoms with E-state index in [0.29, 0.717) is 11.5 Å². The van der Waals surface area contributed by atoms with E-state index in [1.165, 1.54) is 11.1 Å². The van der Waals surface area contributed by atoms with Crippen molar-refractivity contribution in [3.8, 4) is 11.5 Å². The summed E-state index contributed by atoms with van der Waals surface area (Å²) in [4.78, 5) is 26.6. The molecule has 40 heavy (non-hydrogen) atoms. The third-order valence-corrected chi connectivity index (χ3v) is 5.58. The Morgan fingerprint density at radius 1 is 0.725 bits per heavy atom. The van der Waals surface area contributed by atoms with Gasteiger partial charge in [0.2, 0.25) is 0 Å². The van der Waals surface area contributed by atoms with Gasteiger partial charge in [-0.2, -0.15) is 0 Å². The maximum Gasteiger partial charge on any atom is 2.00 e. The van der Waals surface area contributed by atoms with E-state index < -0.39 is 11.9 Å². The number of carboxylic acids is 2. The average Bonchev–Trinajstić information content (AvgIpc) is 2.87. The molecule has 0 saturated carbocycles. The van der Waals surface area contributed by atoms with Gasteiger partial charge in [0.15, 0.2) is 0 Å². The predicted octanol–water partition coefficient (Wildman–Crippen LogP) is 3.91. The third-order valence-electron chi connectivity index (χ3n) is 5.58. The van der Waals surface area contributed by atoms with Crippen molar-refractivity contribution in [1.82, 2.24) is 0 Å².